The van der Waals surface area contributed by atoms with Gasteiger partial charge < -0.3 is 19.8 Å². The molecular formula is C32H41N3O4S. The van der Waals surface area contributed by atoms with Crippen molar-refractivity contribution in [1.82, 2.24) is 14.7 Å². The van der Waals surface area contributed by atoms with Crippen LogP contribution in [0.4, 0.5) is 0 Å². The van der Waals surface area contributed by atoms with Gasteiger partial charge in [0.05, 0.1) is 29.2 Å². The summed E-state index contributed by atoms with van der Waals surface area (Å²) in [6.07, 6.45) is 14.3. The largest absolute Gasteiger partial charge is 0.394 e. The molecule has 0 bridgehead atoms. The van der Waals surface area contributed by atoms with E-state index in [4.69, 9.17) is 0 Å². The predicted molar refractivity (Wildman–Crippen MR) is 156 cm³/mol. The van der Waals surface area contributed by atoms with Crippen LogP contribution < -0.4 is 0 Å². The van der Waals surface area contributed by atoms with Gasteiger partial charge in [0.25, 0.3) is 0 Å². The molecule has 7 nitrogen and oxygen atoms in total. The molecule has 3 amide bonds. The number of aliphatic hydroxyl groups excluding tert-OH is 1. The second-order valence-corrected chi connectivity index (χ2v) is 14.1. The smallest absolute Gasteiger partial charge is 0.247 e. The second-order valence-electron chi connectivity index (χ2n) is 12.3. The zero-order chi connectivity index (χ0) is 28.1. The first-order valence-electron chi connectivity index (χ1n) is 15.0. The Morgan fingerprint density at radius 1 is 0.950 bits per heavy atom. The van der Waals surface area contributed by atoms with Crippen LogP contribution in [-0.4, -0.2) is 84.8 Å². The maximum atomic E-state index is 14.6. The van der Waals surface area contributed by atoms with Crippen molar-refractivity contribution in [1.29, 1.82) is 0 Å². The molecule has 1 aromatic rings. The molecule has 2 saturated heterocycles. The molecule has 40 heavy (non-hydrogen) atoms. The first-order valence-corrected chi connectivity index (χ1v) is 15.8. The molecule has 4 heterocycles. The highest BCUT2D eigenvalue weighted by Crippen LogP contribution is 2.66. The van der Waals surface area contributed by atoms with Gasteiger partial charge in [-0.1, -0.05) is 80.8 Å². The van der Waals surface area contributed by atoms with Crippen LogP contribution >= 0.6 is 11.8 Å². The van der Waals surface area contributed by atoms with Crippen LogP contribution in [-0.2, 0) is 20.9 Å². The first-order chi connectivity index (χ1) is 19.3. The van der Waals surface area contributed by atoms with Crippen LogP contribution in [0.3, 0.4) is 0 Å². The zero-order valence-corrected chi connectivity index (χ0v) is 24.4. The third-order valence-corrected chi connectivity index (χ3v) is 11.7. The van der Waals surface area contributed by atoms with Crippen LogP contribution in [0.2, 0.25) is 0 Å². The molecule has 5 aliphatic rings. The van der Waals surface area contributed by atoms with E-state index >= 15 is 0 Å². The molecule has 214 valence electrons. The molecule has 1 aliphatic carbocycles. The van der Waals surface area contributed by atoms with Gasteiger partial charge >= 0.3 is 0 Å². The quantitative estimate of drug-likeness (QED) is 0.533. The Bertz CT molecular complexity index is 1210. The van der Waals surface area contributed by atoms with Crippen LogP contribution in [0.1, 0.15) is 57.9 Å². The molecule has 8 heteroatoms. The van der Waals surface area contributed by atoms with Gasteiger partial charge in [-0.25, -0.2) is 0 Å². The predicted octanol–water partition coefficient (Wildman–Crippen LogP) is 3.77. The summed E-state index contributed by atoms with van der Waals surface area (Å²) in [6.45, 7) is 5.29. The van der Waals surface area contributed by atoms with Gasteiger partial charge in [-0.05, 0) is 31.7 Å². The summed E-state index contributed by atoms with van der Waals surface area (Å²) >= 11 is 1.62. The number of fused-ring (bicyclic) bond motifs is 2. The summed E-state index contributed by atoms with van der Waals surface area (Å²) < 4.78 is -1.49. The van der Waals surface area contributed by atoms with Crippen molar-refractivity contribution >= 4 is 29.5 Å². The Morgan fingerprint density at radius 2 is 1.68 bits per heavy atom. The van der Waals surface area contributed by atoms with Gasteiger partial charge in [-0.2, -0.15) is 0 Å². The van der Waals surface area contributed by atoms with Gasteiger partial charge in [-0.15, -0.1) is 11.8 Å². The lowest BCUT2D eigenvalue weighted by molar-refractivity contribution is -0.148. The number of hydrogen-bond acceptors (Lipinski definition) is 5. The normalized spacial score (nSPS) is 34.9. The van der Waals surface area contributed by atoms with E-state index in [-0.39, 0.29) is 30.4 Å². The number of nitrogens with zero attached hydrogens (tertiary/aromatic N) is 3. The van der Waals surface area contributed by atoms with E-state index in [0.717, 1.165) is 31.2 Å². The Kier molecular flexibility index (Phi) is 7.36. The number of carbonyl (C=O) groups is 3. The minimum atomic E-state index is -0.866. The molecule has 4 aliphatic heterocycles. The van der Waals surface area contributed by atoms with E-state index in [0.29, 0.717) is 26.1 Å². The van der Waals surface area contributed by atoms with Crippen molar-refractivity contribution in [2.24, 2.45) is 11.8 Å². The van der Waals surface area contributed by atoms with Crippen LogP contribution in [0.25, 0.3) is 0 Å². The molecule has 1 spiro atoms. The summed E-state index contributed by atoms with van der Waals surface area (Å²) in [7, 11) is 0. The van der Waals surface area contributed by atoms with Gasteiger partial charge in [0.2, 0.25) is 17.7 Å². The number of thioether (sulfide) groups is 1. The van der Waals surface area contributed by atoms with Gasteiger partial charge in [0.15, 0.2) is 0 Å². The van der Waals surface area contributed by atoms with Crippen LogP contribution in [0.15, 0.2) is 54.6 Å². The number of amides is 3. The zero-order valence-electron chi connectivity index (χ0n) is 23.6. The summed E-state index contributed by atoms with van der Waals surface area (Å²) in [5, 5.41) is 10.4. The first kappa shape index (κ1) is 27.6. The van der Waals surface area contributed by atoms with Gasteiger partial charge in [-0.3, -0.25) is 14.4 Å². The monoisotopic (exact) mass is 563 g/mol. The summed E-state index contributed by atoms with van der Waals surface area (Å²) in [6, 6.07) is 8.91. The maximum Gasteiger partial charge on any atom is 0.247 e. The summed E-state index contributed by atoms with van der Waals surface area (Å²) in [5.41, 5.74) is 1.05. The Balaban J connectivity index is 1.43. The van der Waals surface area contributed by atoms with Crippen molar-refractivity contribution in [3.63, 3.8) is 0 Å². The standard InChI is InChI=1S/C32H41N3O4S/c1-3-23(21-36)35-27-30(39)34(24-14-8-5-9-15-24)19-11-17-32(27)26(29(35)38)25-28(37)33(18-10-16-31(25,2)40-32)20-22-12-6-4-7-13-22/h4,6-7,10-13,16-17,23-27,36H,3,5,8-9,14-15,18-21H2,1-2H3/t23-,25-,26-,27?,31+,32-/m0/s1. The molecule has 1 unspecified atom stereocenters. The molecule has 1 N–H and O–H groups in total. The minimum absolute atomic E-state index is 0.0234. The van der Waals surface area contributed by atoms with E-state index in [1.54, 1.807) is 16.7 Å². The molecule has 0 radical (unpaired) electrons. The average Bonchev–Trinajstić information content (AvgIpc) is 3.24. The van der Waals surface area contributed by atoms with Crippen LogP contribution in [0, 0.1) is 11.8 Å². The molecular weight excluding hydrogens is 522 g/mol. The number of likely N-dealkylation sites (tertiary alicyclic amines) is 1. The summed E-state index contributed by atoms with van der Waals surface area (Å²) in [5.74, 6) is -1.50. The van der Waals surface area contributed by atoms with E-state index in [9.17, 15) is 19.5 Å². The highest BCUT2D eigenvalue weighted by Gasteiger charge is 2.74. The number of rotatable bonds is 6. The Morgan fingerprint density at radius 3 is 2.38 bits per heavy atom. The third-order valence-electron chi connectivity index (χ3n) is 9.92. The number of aliphatic hydroxyl groups is 1. The van der Waals surface area contributed by atoms with Gasteiger partial charge in [0, 0.05) is 30.4 Å². The average molecular weight is 564 g/mol. The van der Waals surface area contributed by atoms with E-state index in [1.165, 1.54) is 6.42 Å². The molecule has 6 rings (SSSR count). The van der Waals surface area contributed by atoms with Crippen molar-refractivity contribution < 1.29 is 19.5 Å². The molecule has 6 atom stereocenters. The maximum absolute atomic E-state index is 14.6. The SMILES string of the molecule is CC[C@@H](CO)N1C(=O)[C@@H]2[C@H]3C(=O)N(Cc4ccccc4)CC=C[C@@]3(C)S[C@@]23C=CCN(C2CCCCC2)C(=O)C13. The van der Waals surface area contributed by atoms with Crippen molar-refractivity contribution in [3.8, 4) is 0 Å². The highest BCUT2D eigenvalue weighted by molar-refractivity contribution is 8.02. The van der Waals surface area contributed by atoms with Gasteiger partial charge in [0.1, 0.15) is 6.04 Å². The van der Waals surface area contributed by atoms with Crippen LogP contribution in [0.5, 0.6) is 0 Å². The van der Waals surface area contributed by atoms with Crippen molar-refractivity contribution in [2.75, 3.05) is 19.7 Å². The topological polar surface area (TPSA) is 81.2 Å². The number of hydrogen-bond donors (Lipinski definition) is 1. The Hall–Kier alpha value is -2.58. The van der Waals surface area contributed by atoms with E-state index in [1.807, 2.05) is 47.1 Å². The lowest BCUT2D eigenvalue weighted by atomic mass is 9.74. The fraction of sp³-hybridized carbons (Fsp3) is 0.594. The van der Waals surface area contributed by atoms with E-state index < -0.39 is 33.4 Å². The van der Waals surface area contributed by atoms with E-state index in [2.05, 4.69) is 31.2 Å². The molecule has 3 fully saturated rings. The number of benzene rings is 1. The molecule has 0 aromatic heterocycles. The summed E-state index contributed by atoms with van der Waals surface area (Å²) in [4.78, 5) is 49.1. The second kappa shape index (κ2) is 10.7. The fourth-order valence-corrected chi connectivity index (χ4v) is 10.1. The highest BCUT2D eigenvalue weighted by atomic mass is 32.2. The molecule has 1 saturated carbocycles. The lowest BCUT2D eigenvalue weighted by Gasteiger charge is -2.41. The fourth-order valence-electron chi connectivity index (χ4n) is 8.00. The van der Waals surface area contributed by atoms with Crippen molar-refractivity contribution in [2.45, 2.75) is 86.5 Å². The lowest BCUT2D eigenvalue weighted by Crippen LogP contribution is -2.58. The Labute approximate surface area is 241 Å². The minimum Gasteiger partial charge on any atom is -0.394 e. The molecule has 1 aromatic carbocycles. The number of carbonyl (C=O) groups excluding carboxylic acids is 3. The third kappa shape index (κ3) is 4.25. The van der Waals surface area contributed by atoms with Crippen molar-refractivity contribution in [3.05, 3.63) is 60.2 Å².